The van der Waals surface area contributed by atoms with Crippen LogP contribution in [-0.2, 0) is 0 Å². The van der Waals surface area contributed by atoms with Gasteiger partial charge in [0.15, 0.2) is 0 Å². The Kier molecular flexibility index (Phi) is 5.20. The first-order chi connectivity index (χ1) is 11.9. The molecule has 4 N–H and O–H groups in total. The number of H-pyrrole nitrogens is 1. The predicted molar refractivity (Wildman–Crippen MR) is 96.4 cm³/mol. The van der Waals surface area contributed by atoms with Gasteiger partial charge in [0, 0.05) is 24.7 Å². The summed E-state index contributed by atoms with van der Waals surface area (Å²) < 4.78 is 0. The number of rotatable bonds is 5. The Balaban J connectivity index is 1.66. The SMILES string of the molecule is Cc1ccc(C)c(C(O)CN2CCCC(c3cc(C(N)=O)n[nH]3)C2)c1. The van der Waals surface area contributed by atoms with Gasteiger partial charge in [-0.05, 0) is 50.4 Å². The number of aliphatic hydroxyl groups is 1. The average Bonchev–Trinajstić information content (AvgIpc) is 3.07. The Bertz CT molecular complexity index is 756. The highest BCUT2D eigenvalue weighted by molar-refractivity contribution is 5.90. The second-order valence-electron chi connectivity index (χ2n) is 7.05. The number of nitrogens with one attached hydrogen (secondary N) is 1. The molecule has 1 aliphatic heterocycles. The van der Waals surface area contributed by atoms with Crippen LogP contribution < -0.4 is 5.73 Å². The standard InChI is InChI=1S/C19H26N4O2/c1-12-5-6-13(2)15(8-12)18(24)11-23-7-3-4-14(10-23)16-9-17(19(20)25)22-21-16/h5-6,8-9,14,18,24H,3-4,7,10-11H2,1-2H3,(H2,20,25)(H,21,22). The fraction of sp³-hybridized carbons (Fsp3) is 0.474. The third kappa shape index (κ3) is 4.08. The Hall–Kier alpha value is -2.18. The minimum Gasteiger partial charge on any atom is -0.387 e. The van der Waals surface area contributed by atoms with E-state index >= 15 is 0 Å². The van der Waals surface area contributed by atoms with Crippen molar-refractivity contribution in [3.8, 4) is 0 Å². The Morgan fingerprint density at radius 3 is 2.96 bits per heavy atom. The lowest BCUT2D eigenvalue weighted by Crippen LogP contribution is -2.37. The first-order valence-corrected chi connectivity index (χ1v) is 8.76. The number of likely N-dealkylation sites (tertiary alicyclic amines) is 1. The fourth-order valence-corrected chi connectivity index (χ4v) is 3.61. The van der Waals surface area contributed by atoms with Crippen molar-refractivity contribution < 1.29 is 9.90 Å². The van der Waals surface area contributed by atoms with E-state index in [1.165, 1.54) is 0 Å². The van der Waals surface area contributed by atoms with Crippen LogP contribution in [0.15, 0.2) is 24.3 Å². The molecule has 0 aliphatic carbocycles. The molecule has 2 unspecified atom stereocenters. The van der Waals surface area contributed by atoms with Crippen LogP contribution in [0.5, 0.6) is 0 Å². The number of aryl methyl sites for hydroxylation is 2. The fourth-order valence-electron chi connectivity index (χ4n) is 3.61. The van der Waals surface area contributed by atoms with E-state index < -0.39 is 12.0 Å². The van der Waals surface area contributed by atoms with Crippen molar-refractivity contribution in [1.82, 2.24) is 15.1 Å². The van der Waals surface area contributed by atoms with Crippen LogP contribution in [0.2, 0.25) is 0 Å². The summed E-state index contributed by atoms with van der Waals surface area (Å²) in [5, 5.41) is 17.6. The van der Waals surface area contributed by atoms with Gasteiger partial charge in [-0.2, -0.15) is 5.10 Å². The lowest BCUT2D eigenvalue weighted by Gasteiger charge is -2.33. The molecule has 25 heavy (non-hydrogen) atoms. The Morgan fingerprint density at radius 2 is 2.24 bits per heavy atom. The quantitative estimate of drug-likeness (QED) is 0.775. The lowest BCUT2D eigenvalue weighted by molar-refractivity contribution is 0.0946. The molecule has 2 aromatic rings. The molecule has 134 valence electrons. The molecule has 0 spiro atoms. The van der Waals surface area contributed by atoms with Gasteiger partial charge in [0.1, 0.15) is 5.69 Å². The predicted octanol–water partition coefficient (Wildman–Crippen LogP) is 2.04. The highest BCUT2D eigenvalue weighted by atomic mass is 16.3. The molecular weight excluding hydrogens is 316 g/mol. The normalized spacial score (nSPS) is 19.7. The average molecular weight is 342 g/mol. The molecule has 6 nitrogen and oxygen atoms in total. The monoisotopic (exact) mass is 342 g/mol. The third-order valence-corrected chi connectivity index (χ3v) is 5.02. The van der Waals surface area contributed by atoms with Crippen LogP contribution in [0.4, 0.5) is 0 Å². The molecule has 1 amide bonds. The van der Waals surface area contributed by atoms with Gasteiger partial charge in [0.2, 0.25) is 0 Å². The van der Waals surface area contributed by atoms with Crippen LogP contribution in [-0.4, -0.2) is 45.7 Å². The molecule has 0 radical (unpaired) electrons. The maximum atomic E-state index is 11.2. The van der Waals surface area contributed by atoms with Crippen LogP contribution in [0.25, 0.3) is 0 Å². The number of β-amino-alcohol motifs (C(OH)–C–C–N with tert-alkyl or cyclic N) is 1. The highest BCUT2D eigenvalue weighted by Gasteiger charge is 2.25. The molecule has 1 fully saturated rings. The number of nitrogens with zero attached hydrogens (tertiary/aromatic N) is 2. The minimum absolute atomic E-state index is 0.278. The number of carbonyl (C=O) groups excluding carboxylic acids is 1. The van der Waals surface area contributed by atoms with Gasteiger partial charge < -0.3 is 10.8 Å². The lowest BCUT2D eigenvalue weighted by atomic mass is 9.93. The molecule has 0 saturated carbocycles. The number of carbonyl (C=O) groups is 1. The maximum Gasteiger partial charge on any atom is 0.269 e. The van der Waals surface area contributed by atoms with E-state index in [9.17, 15) is 9.90 Å². The molecule has 2 atom stereocenters. The van der Waals surface area contributed by atoms with E-state index in [0.29, 0.717) is 6.54 Å². The zero-order chi connectivity index (χ0) is 18.0. The second-order valence-corrected chi connectivity index (χ2v) is 7.05. The van der Waals surface area contributed by atoms with Crippen molar-refractivity contribution >= 4 is 5.91 Å². The van der Waals surface area contributed by atoms with Crippen molar-refractivity contribution in [2.45, 2.75) is 38.7 Å². The number of benzene rings is 1. The molecular formula is C19H26N4O2. The van der Waals surface area contributed by atoms with E-state index in [1.807, 2.05) is 13.8 Å². The van der Waals surface area contributed by atoms with E-state index in [2.05, 4.69) is 33.3 Å². The van der Waals surface area contributed by atoms with Crippen molar-refractivity contribution in [3.05, 3.63) is 52.3 Å². The van der Waals surface area contributed by atoms with Crippen molar-refractivity contribution in [1.29, 1.82) is 0 Å². The van der Waals surface area contributed by atoms with Crippen LogP contribution >= 0.6 is 0 Å². The second kappa shape index (κ2) is 7.37. The van der Waals surface area contributed by atoms with Crippen molar-refractivity contribution in [3.63, 3.8) is 0 Å². The number of nitrogens with two attached hydrogens (primary N) is 1. The van der Waals surface area contributed by atoms with E-state index in [0.717, 1.165) is 48.3 Å². The largest absolute Gasteiger partial charge is 0.387 e. The van der Waals surface area contributed by atoms with Crippen LogP contribution in [0.1, 0.15) is 57.7 Å². The zero-order valence-corrected chi connectivity index (χ0v) is 14.8. The number of piperidine rings is 1. The van der Waals surface area contributed by atoms with Crippen molar-refractivity contribution in [2.75, 3.05) is 19.6 Å². The van der Waals surface area contributed by atoms with Gasteiger partial charge in [-0.1, -0.05) is 23.8 Å². The van der Waals surface area contributed by atoms with Gasteiger partial charge in [-0.3, -0.25) is 14.8 Å². The number of aromatic nitrogens is 2. The molecule has 1 aliphatic rings. The third-order valence-electron chi connectivity index (χ3n) is 5.02. The minimum atomic E-state index is -0.513. The summed E-state index contributed by atoms with van der Waals surface area (Å²) >= 11 is 0. The Morgan fingerprint density at radius 1 is 1.44 bits per heavy atom. The van der Waals surface area contributed by atoms with Gasteiger partial charge in [0.05, 0.1) is 6.10 Å². The summed E-state index contributed by atoms with van der Waals surface area (Å²) in [6, 6.07) is 7.94. The summed E-state index contributed by atoms with van der Waals surface area (Å²) in [5.41, 5.74) is 9.78. The number of hydrogen-bond acceptors (Lipinski definition) is 4. The van der Waals surface area contributed by atoms with E-state index in [-0.39, 0.29) is 11.6 Å². The Labute approximate surface area is 148 Å². The van der Waals surface area contributed by atoms with Gasteiger partial charge in [-0.25, -0.2) is 0 Å². The maximum absolute atomic E-state index is 11.2. The number of amides is 1. The molecule has 0 bridgehead atoms. The molecule has 6 heteroatoms. The zero-order valence-electron chi connectivity index (χ0n) is 14.8. The number of primary amides is 1. The molecule has 1 saturated heterocycles. The summed E-state index contributed by atoms with van der Waals surface area (Å²) in [6.07, 6.45) is 1.59. The summed E-state index contributed by atoms with van der Waals surface area (Å²) in [5.74, 6) is -0.235. The highest BCUT2D eigenvalue weighted by Crippen LogP contribution is 2.28. The summed E-state index contributed by atoms with van der Waals surface area (Å²) in [6.45, 7) is 6.49. The van der Waals surface area contributed by atoms with E-state index in [4.69, 9.17) is 5.73 Å². The number of hydrogen-bond donors (Lipinski definition) is 3. The van der Waals surface area contributed by atoms with Gasteiger partial charge >= 0.3 is 0 Å². The van der Waals surface area contributed by atoms with E-state index in [1.54, 1.807) is 6.07 Å². The first-order valence-electron chi connectivity index (χ1n) is 8.76. The molecule has 1 aromatic carbocycles. The molecule has 2 heterocycles. The van der Waals surface area contributed by atoms with Gasteiger partial charge in [0.25, 0.3) is 5.91 Å². The van der Waals surface area contributed by atoms with Gasteiger partial charge in [-0.15, -0.1) is 0 Å². The number of aliphatic hydroxyl groups excluding tert-OH is 1. The number of aromatic amines is 1. The van der Waals surface area contributed by atoms with Crippen LogP contribution in [0, 0.1) is 13.8 Å². The summed E-state index contributed by atoms with van der Waals surface area (Å²) in [4.78, 5) is 13.5. The van der Waals surface area contributed by atoms with Crippen LogP contribution in [0.3, 0.4) is 0 Å². The van der Waals surface area contributed by atoms with Crippen molar-refractivity contribution in [2.24, 2.45) is 5.73 Å². The smallest absolute Gasteiger partial charge is 0.269 e. The first kappa shape index (κ1) is 17.6. The molecule has 3 rings (SSSR count). The topological polar surface area (TPSA) is 95.2 Å². The summed E-state index contributed by atoms with van der Waals surface area (Å²) in [7, 11) is 0. The molecule has 1 aromatic heterocycles.